The van der Waals surface area contributed by atoms with Gasteiger partial charge in [0.2, 0.25) is 28.5 Å². The topological polar surface area (TPSA) is 160 Å². The Kier molecular flexibility index (Phi) is 15.8. The summed E-state index contributed by atoms with van der Waals surface area (Å²) in [6.07, 6.45) is 13.9. The van der Waals surface area contributed by atoms with E-state index in [0.717, 1.165) is 107 Å². The maximum atomic E-state index is 13.4. The summed E-state index contributed by atoms with van der Waals surface area (Å²) in [5.74, 6) is 0.391. The fraction of sp³-hybridized carbons (Fsp3) is 0.130. The highest BCUT2D eigenvalue weighted by molar-refractivity contribution is 5.83. The van der Waals surface area contributed by atoms with E-state index < -0.39 is 10.7 Å². The smallest absolute Gasteiger partial charge is 0.282 e. The van der Waals surface area contributed by atoms with Gasteiger partial charge in [0, 0.05) is 112 Å². The number of carbonyl (C=O) groups excluding carboxylic acids is 5. The van der Waals surface area contributed by atoms with Crippen LogP contribution in [0.5, 0.6) is 5.75 Å². The average Bonchev–Trinajstić information content (AvgIpc) is 3.50. The van der Waals surface area contributed by atoms with Gasteiger partial charge in [-0.15, -0.1) is 0 Å². The Morgan fingerprint density at radius 1 is 0.471 bits per heavy atom. The third kappa shape index (κ3) is 11.3. The number of nitro groups is 1. The molecule has 5 aliphatic heterocycles. The van der Waals surface area contributed by atoms with Crippen LogP contribution in [0.15, 0.2) is 183 Å². The molecule has 16 heteroatoms. The van der Waals surface area contributed by atoms with Crippen LogP contribution >= 0.6 is 0 Å². The highest BCUT2D eigenvalue weighted by atomic mass is 19.1. The molecule has 0 saturated heterocycles. The molecule has 0 amide bonds. The number of ether oxygens (including phenoxy) is 1. The van der Waals surface area contributed by atoms with Crippen LogP contribution in [0.1, 0.15) is 85.2 Å². The highest BCUT2D eigenvalue weighted by Gasteiger charge is 2.32. The average molecular weight is 1130 g/mol. The third-order valence-corrected chi connectivity index (χ3v) is 15.8. The van der Waals surface area contributed by atoms with Gasteiger partial charge in [-0.2, -0.15) is 22.8 Å². The predicted molar refractivity (Wildman–Crippen MR) is 315 cm³/mol. The van der Waals surface area contributed by atoms with Crippen LogP contribution in [0.4, 0.5) is 15.8 Å². The molecule has 5 aromatic heterocycles. The van der Waals surface area contributed by atoms with E-state index in [9.17, 15) is 38.5 Å². The summed E-state index contributed by atoms with van der Waals surface area (Å²) in [4.78, 5) is 66.5. The summed E-state index contributed by atoms with van der Waals surface area (Å²) in [7, 11) is 5.72. The van der Waals surface area contributed by atoms with Gasteiger partial charge in [-0.3, -0.25) is 34.1 Å². The van der Waals surface area contributed by atoms with E-state index in [-0.39, 0.29) is 11.3 Å². The van der Waals surface area contributed by atoms with Crippen molar-refractivity contribution in [3.05, 3.63) is 260 Å². The van der Waals surface area contributed by atoms with E-state index >= 15 is 0 Å². The van der Waals surface area contributed by atoms with Crippen molar-refractivity contribution < 1.29 is 60.9 Å². The molecule has 15 rings (SSSR count). The normalized spacial score (nSPS) is 11.9. The molecule has 0 spiro atoms. The van der Waals surface area contributed by atoms with Crippen molar-refractivity contribution >= 4 is 42.8 Å². The van der Waals surface area contributed by atoms with E-state index in [0.29, 0.717) is 30.5 Å². The molecule has 10 aromatic rings. The molecular formula is C69H57FN7O8+5. The fourth-order valence-electron chi connectivity index (χ4n) is 11.4. The van der Waals surface area contributed by atoms with Crippen LogP contribution in [-0.4, -0.2) is 57.6 Å². The molecule has 10 heterocycles. The molecule has 0 saturated carbocycles. The van der Waals surface area contributed by atoms with Gasteiger partial charge in [0.1, 0.15) is 36.7 Å². The Balaban J connectivity index is 0.000000111. The second-order valence-electron chi connectivity index (χ2n) is 21.2. The van der Waals surface area contributed by atoms with Crippen molar-refractivity contribution in [3.63, 3.8) is 0 Å². The summed E-state index contributed by atoms with van der Waals surface area (Å²) in [6, 6.07) is 47.4. The minimum absolute atomic E-state index is 0.0607. The number of nitrogens with zero attached hydrogens (tertiary/aromatic N) is 7. The van der Waals surface area contributed by atoms with E-state index in [1.54, 1.807) is 37.6 Å². The van der Waals surface area contributed by atoms with E-state index in [1.807, 2.05) is 133 Å². The zero-order valence-corrected chi connectivity index (χ0v) is 47.0. The van der Waals surface area contributed by atoms with Crippen LogP contribution in [0.3, 0.4) is 0 Å². The van der Waals surface area contributed by atoms with Crippen molar-refractivity contribution in [1.29, 1.82) is 0 Å². The van der Waals surface area contributed by atoms with Crippen LogP contribution in [0, 0.1) is 22.9 Å². The van der Waals surface area contributed by atoms with Gasteiger partial charge >= 0.3 is 0 Å². The van der Waals surface area contributed by atoms with E-state index in [2.05, 4.69) is 56.1 Å². The molecule has 0 fully saturated rings. The number of hydrogen-bond donors (Lipinski definition) is 0. The van der Waals surface area contributed by atoms with Crippen molar-refractivity contribution in [3.8, 4) is 62.0 Å². The maximum absolute atomic E-state index is 13.4. The molecule has 15 nitrogen and oxygen atoms in total. The number of pyridine rings is 5. The number of aryl methyl sites for hydroxylation is 1. The molecule has 0 aliphatic carbocycles. The summed E-state index contributed by atoms with van der Waals surface area (Å²) < 4.78 is 29.2. The quantitative estimate of drug-likeness (QED) is 0.0625. The van der Waals surface area contributed by atoms with Gasteiger partial charge in [-0.25, -0.2) is 4.39 Å². The number of aromatic nitrogens is 5. The molecule has 5 aromatic carbocycles. The number of rotatable bonds is 8. The zero-order valence-electron chi connectivity index (χ0n) is 47.0. The van der Waals surface area contributed by atoms with Crippen molar-refractivity contribution in [2.75, 3.05) is 26.1 Å². The van der Waals surface area contributed by atoms with Crippen LogP contribution in [0.25, 0.3) is 56.3 Å². The molecule has 0 N–H and O–H groups in total. The lowest BCUT2D eigenvalue weighted by Crippen LogP contribution is -2.32. The SMILES string of the molecule is CN(C)c1cc[n+]2c(c1)-c1cc(C=O)ccc1C2.COc1cc[n+]2c(c1)-c1cc(C=O)ccc1C2.Cc1cc(C=O)cc2c1C[n+]1ccccc1-2.O=Cc1cc2c(cc1F)C[n+]1ccccc1-2.O=Cc1ccc2c(c1)-c1cc([N+](=O)[O-])cc[n+]1C2. The number of benzene rings is 5. The first-order chi connectivity index (χ1) is 41.3. The molecular weight excluding hydrogens is 1070 g/mol. The molecule has 0 unspecified atom stereocenters. The van der Waals surface area contributed by atoms with Gasteiger partial charge in [-0.1, -0.05) is 36.4 Å². The first-order valence-corrected chi connectivity index (χ1v) is 27.3. The van der Waals surface area contributed by atoms with Crippen molar-refractivity contribution in [2.24, 2.45) is 0 Å². The minimum atomic E-state index is -0.442. The Hall–Kier alpha value is -10.9. The van der Waals surface area contributed by atoms with Gasteiger partial charge < -0.3 is 9.64 Å². The summed E-state index contributed by atoms with van der Waals surface area (Å²) >= 11 is 0. The molecule has 85 heavy (non-hydrogen) atoms. The number of fused-ring (bicyclic) bond motifs is 15. The third-order valence-electron chi connectivity index (χ3n) is 15.8. The predicted octanol–water partition coefficient (Wildman–Crippen LogP) is 9.51. The van der Waals surface area contributed by atoms with Crippen LogP contribution < -0.4 is 32.5 Å². The standard InChI is InChI=1S/C15H15N2O.C14H12NO2.C14H12NO.C13H9FNO.C13H9N2O3/c1-16(2)13-5-6-17-9-12-4-3-11(10-18)7-14(12)15(17)8-13;1-17-12-4-5-15-8-11-3-2-10(9-16)6-13(11)14(15)7-12;1-10-6-11(9-16)7-12-13(10)8-15-5-3-2-4-14(12)15;14-12-6-9-7-15-4-2-1-3-13(15)11(9)5-10(12)8-16;16-8-9-1-2-10-7-14-4-3-11(15(17)18)6-13(14)12(10)5-9/h3-8,10H,9H2,1-2H3;2-7,9H,8H2,1H3;2-7,9H,8H2,1H3;1-6,8H,7H2;1-6,8H,7H2/q5*+1. The van der Waals surface area contributed by atoms with Gasteiger partial charge in [0.25, 0.3) is 5.69 Å². The highest BCUT2D eigenvalue weighted by Crippen LogP contribution is 2.34. The van der Waals surface area contributed by atoms with Crippen LogP contribution in [0.2, 0.25) is 0 Å². The molecule has 5 aliphatic rings. The lowest BCUT2D eigenvalue weighted by Gasteiger charge is -2.11. The van der Waals surface area contributed by atoms with Crippen molar-refractivity contribution in [2.45, 2.75) is 39.6 Å². The first kappa shape index (κ1) is 56.0. The zero-order chi connectivity index (χ0) is 59.5. The second kappa shape index (κ2) is 23.9. The second-order valence-corrected chi connectivity index (χ2v) is 21.2. The van der Waals surface area contributed by atoms with Gasteiger partial charge in [-0.05, 0) is 67.1 Å². The number of carbonyl (C=O) groups is 5. The number of anilines is 1. The lowest BCUT2D eigenvalue weighted by molar-refractivity contribution is -0.672. The minimum Gasteiger partial charge on any atom is -0.496 e. The number of hydrogen-bond acceptors (Lipinski definition) is 9. The van der Waals surface area contributed by atoms with Gasteiger partial charge in [0.15, 0.2) is 70.0 Å². The summed E-state index contributed by atoms with van der Waals surface area (Å²) in [5, 5.41) is 10.8. The fourth-order valence-corrected chi connectivity index (χ4v) is 11.4. The summed E-state index contributed by atoms with van der Waals surface area (Å²) in [5.41, 5.74) is 21.8. The largest absolute Gasteiger partial charge is 0.496 e. The van der Waals surface area contributed by atoms with E-state index in [1.165, 1.54) is 62.6 Å². The Labute approximate surface area is 489 Å². The Bertz CT molecular complexity index is 4390. The molecule has 0 bridgehead atoms. The monoisotopic (exact) mass is 1130 g/mol. The van der Waals surface area contributed by atoms with E-state index in [4.69, 9.17) is 4.74 Å². The molecule has 0 atom stereocenters. The summed E-state index contributed by atoms with van der Waals surface area (Å²) in [6.45, 7) is 6.07. The molecule has 418 valence electrons. The van der Waals surface area contributed by atoms with Gasteiger partial charge in [0.05, 0.1) is 63.6 Å². The number of aldehydes is 5. The Morgan fingerprint density at radius 3 is 1.47 bits per heavy atom. The maximum Gasteiger partial charge on any atom is 0.282 e. The first-order valence-electron chi connectivity index (χ1n) is 27.3. The number of methoxy groups -OCH3 is 1. The molecule has 0 radical (unpaired) electrons. The lowest BCUT2D eigenvalue weighted by atomic mass is 9.99. The van der Waals surface area contributed by atoms with Crippen LogP contribution in [-0.2, 0) is 32.7 Å². The van der Waals surface area contributed by atoms with Crippen molar-refractivity contribution in [1.82, 2.24) is 0 Å². The Morgan fingerprint density at radius 2 is 0.941 bits per heavy atom. The number of halogens is 1.